The topological polar surface area (TPSA) is 63.3 Å². The Morgan fingerprint density at radius 3 is 2.82 bits per heavy atom. The van der Waals surface area contributed by atoms with Gasteiger partial charge in [0.1, 0.15) is 6.04 Å². The van der Waals surface area contributed by atoms with Crippen molar-refractivity contribution in [2.45, 2.75) is 12.5 Å². The molecule has 0 unspecified atom stereocenters. The summed E-state index contributed by atoms with van der Waals surface area (Å²) in [5.41, 5.74) is 5.25. The van der Waals surface area contributed by atoms with Gasteiger partial charge in [-0.3, -0.25) is 4.79 Å². The quantitative estimate of drug-likeness (QED) is 0.488. The lowest BCUT2D eigenvalue weighted by Gasteiger charge is -2.04. The van der Waals surface area contributed by atoms with Crippen molar-refractivity contribution in [1.82, 2.24) is 0 Å². The van der Waals surface area contributed by atoms with Crippen molar-refractivity contribution in [3.63, 3.8) is 0 Å². The number of rotatable bonds is 6. The van der Waals surface area contributed by atoms with E-state index in [-0.39, 0.29) is 0 Å². The smallest absolute Gasteiger partial charge is 0.321 e. The van der Waals surface area contributed by atoms with Crippen molar-refractivity contribution in [3.05, 3.63) is 0 Å². The van der Waals surface area contributed by atoms with E-state index in [0.717, 1.165) is 12.2 Å². The summed E-state index contributed by atoms with van der Waals surface area (Å²) in [6.45, 7) is 0. The first kappa shape index (κ1) is 11.1. The molecule has 0 saturated carbocycles. The molecule has 3 nitrogen and oxygen atoms in total. The van der Waals surface area contributed by atoms with E-state index >= 15 is 0 Å². The predicted octanol–water partition coefficient (Wildman–Crippen LogP) is 0.760. The molecule has 5 heteroatoms. The minimum Gasteiger partial charge on any atom is -0.480 e. The Kier molecular flexibility index (Phi) is 6.80. The second-order valence-electron chi connectivity index (χ2n) is 2.06. The van der Waals surface area contributed by atoms with Crippen molar-refractivity contribution >= 4 is 29.3 Å². The molecule has 0 aromatic rings. The van der Waals surface area contributed by atoms with Gasteiger partial charge in [-0.25, -0.2) is 0 Å². The summed E-state index contributed by atoms with van der Waals surface area (Å²) < 4.78 is 0. The normalized spacial score (nSPS) is 12.9. The van der Waals surface area contributed by atoms with E-state index in [0.29, 0.717) is 11.6 Å². The average Bonchev–Trinajstić information content (AvgIpc) is 1.97. The Hall–Kier alpha value is 0.0700. The molecule has 0 aromatic carbocycles. The van der Waals surface area contributed by atoms with Crippen molar-refractivity contribution in [1.29, 1.82) is 0 Å². The molecule has 0 saturated heterocycles. The standard InChI is InChI=1S/C6H12ClNO2S/c7-2-1-3-11-4-5(8)6(9)10/h5H,1-4,8H2,(H,9,10)/t5-/m1/s1. The molecule has 11 heavy (non-hydrogen) atoms. The highest BCUT2D eigenvalue weighted by Gasteiger charge is 2.09. The highest BCUT2D eigenvalue weighted by atomic mass is 35.5. The third-order valence-electron chi connectivity index (χ3n) is 1.04. The van der Waals surface area contributed by atoms with Gasteiger partial charge in [0.2, 0.25) is 0 Å². The maximum atomic E-state index is 10.2. The number of carboxylic acids is 1. The van der Waals surface area contributed by atoms with Crippen LogP contribution in [-0.4, -0.2) is 34.5 Å². The maximum absolute atomic E-state index is 10.2. The number of hydrogen-bond donors (Lipinski definition) is 2. The van der Waals surface area contributed by atoms with E-state index in [2.05, 4.69) is 0 Å². The summed E-state index contributed by atoms with van der Waals surface area (Å²) in [6, 6.07) is -0.740. The Morgan fingerprint density at radius 2 is 2.36 bits per heavy atom. The summed E-state index contributed by atoms with van der Waals surface area (Å²) in [5.74, 6) is 1.02. The van der Waals surface area contributed by atoms with Gasteiger partial charge in [0.15, 0.2) is 0 Å². The van der Waals surface area contributed by atoms with Gasteiger partial charge >= 0.3 is 5.97 Å². The predicted molar refractivity (Wildman–Crippen MR) is 48.3 cm³/mol. The van der Waals surface area contributed by atoms with E-state index < -0.39 is 12.0 Å². The summed E-state index contributed by atoms with van der Waals surface area (Å²) in [6.07, 6.45) is 0.901. The van der Waals surface area contributed by atoms with Crippen LogP contribution in [0.2, 0.25) is 0 Å². The van der Waals surface area contributed by atoms with Crippen LogP contribution in [0.4, 0.5) is 0 Å². The second kappa shape index (κ2) is 6.76. The van der Waals surface area contributed by atoms with Crippen LogP contribution in [0.1, 0.15) is 6.42 Å². The number of hydrogen-bond acceptors (Lipinski definition) is 3. The molecule has 0 aromatic heterocycles. The summed E-state index contributed by atoms with van der Waals surface area (Å²) in [5, 5.41) is 8.37. The molecule has 0 radical (unpaired) electrons. The monoisotopic (exact) mass is 197 g/mol. The molecular weight excluding hydrogens is 186 g/mol. The molecule has 3 N–H and O–H groups in total. The fraction of sp³-hybridized carbons (Fsp3) is 0.833. The largest absolute Gasteiger partial charge is 0.480 e. The number of aliphatic carboxylic acids is 1. The lowest BCUT2D eigenvalue weighted by atomic mass is 10.4. The lowest BCUT2D eigenvalue weighted by molar-refractivity contribution is -0.137. The zero-order valence-electron chi connectivity index (χ0n) is 6.12. The second-order valence-corrected chi connectivity index (χ2v) is 3.59. The summed E-state index contributed by atoms with van der Waals surface area (Å²) in [4.78, 5) is 10.2. The fourth-order valence-corrected chi connectivity index (χ4v) is 1.64. The number of alkyl halides is 1. The number of nitrogens with two attached hydrogens (primary N) is 1. The molecule has 0 bridgehead atoms. The molecule has 0 aliphatic carbocycles. The van der Waals surface area contributed by atoms with Gasteiger partial charge in [0.25, 0.3) is 0 Å². The molecule has 0 amide bonds. The number of halogens is 1. The third kappa shape index (κ3) is 6.47. The first-order valence-corrected chi connectivity index (χ1v) is 4.99. The summed E-state index contributed by atoms with van der Waals surface area (Å²) >= 11 is 6.94. The van der Waals surface area contributed by atoms with Crippen LogP contribution in [0.3, 0.4) is 0 Å². The summed E-state index contributed by atoms with van der Waals surface area (Å²) in [7, 11) is 0. The number of carbonyl (C=O) groups is 1. The molecule has 66 valence electrons. The van der Waals surface area contributed by atoms with Crippen molar-refractivity contribution in [2.24, 2.45) is 5.73 Å². The minimum atomic E-state index is -0.941. The van der Waals surface area contributed by atoms with Crippen LogP contribution in [0, 0.1) is 0 Å². The highest BCUT2D eigenvalue weighted by Crippen LogP contribution is 2.04. The maximum Gasteiger partial charge on any atom is 0.321 e. The van der Waals surface area contributed by atoms with Crippen molar-refractivity contribution < 1.29 is 9.90 Å². The van der Waals surface area contributed by atoms with Gasteiger partial charge in [-0.2, -0.15) is 11.8 Å². The minimum absolute atomic E-state index is 0.465. The zero-order valence-corrected chi connectivity index (χ0v) is 7.70. The SMILES string of the molecule is N[C@H](CSCCCCl)C(=O)O. The van der Waals surface area contributed by atoms with Crippen LogP contribution in [0.5, 0.6) is 0 Å². The molecule has 1 atom stereocenters. The van der Waals surface area contributed by atoms with E-state index in [1.165, 1.54) is 11.8 Å². The Morgan fingerprint density at radius 1 is 1.73 bits per heavy atom. The highest BCUT2D eigenvalue weighted by molar-refractivity contribution is 7.99. The molecule has 0 heterocycles. The van der Waals surface area contributed by atoms with Gasteiger partial charge in [0.05, 0.1) is 0 Å². The van der Waals surface area contributed by atoms with Crippen LogP contribution in [0.25, 0.3) is 0 Å². The van der Waals surface area contributed by atoms with E-state index in [1.807, 2.05) is 0 Å². The molecule has 0 rings (SSSR count). The molecule has 0 aliphatic rings. The Labute approximate surface area is 75.3 Å². The number of carboxylic acid groups (broad SMARTS) is 1. The Balaban J connectivity index is 3.17. The van der Waals surface area contributed by atoms with Gasteiger partial charge < -0.3 is 10.8 Å². The molecule has 0 aliphatic heterocycles. The van der Waals surface area contributed by atoms with Crippen molar-refractivity contribution in [2.75, 3.05) is 17.4 Å². The van der Waals surface area contributed by atoms with Gasteiger partial charge in [-0.15, -0.1) is 11.6 Å². The van der Waals surface area contributed by atoms with Crippen LogP contribution in [0.15, 0.2) is 0 Å². The first-order chi connectivity index (χ1) is 5.18. The Bertz CT molecular complexity index is 123. The molecule has 0 spiro atoms. The van der Waals surface area contributed by atoms with Crippen molar-refractivity contribution in [3.8, 4) is 0 Å². The van der Waals surface area contributed by atoms with Gasteiger partial charge in [-0.05, 0) is 12.2 Å². The van der Waals surface area contributed by atoms with Crippen LogP contribution < -0.4 is 5.73 Å². The average molecular weight is 198 g/mol. The molecule has 0 fully saturated rings. The van der Waals surface area contributed by atoms with Gasteiger partial charge in [0, 0.05) is 11.6 Å². The van der Waals surface area contributed by atoms with E-state index in [1.54, 1.807) is 0 Å². The van der Waals surface area contributed by atoms with E-state index in [9.17, 15) is 4.79 Å². The number of thioether (sulfide) groups is 1. The fourth-order valence-electron chi connectivity index (χ4n) is 0.438. The van der Waals surface area contributed by atoms with E-state index in [4.69, 9.17) is 22.4 Å². The van der Waals surface area contributed by atoms with Crippen LogP contribution in [-0.2, 0) is 4.79 Å². The molecular formula is C6H12ClNO2S. The lowest BCUT2D eigenvalue weighted by Crippen LogP contribution is -2.32. The van der Waals surface area contributed by atoms with Gasteiger partial charge in [-0.1, -0.05) is 0 Å². The zero-order chi connectivity index (χ0) is 8.69. The van der Waals surface area contributed by atoms with Crippen LogP contribution >= 0.6 is 23.4 Å². The third-order valence-corrected chi connectivity index (χ3v) is 2.48. The first-order valence-electron chi connectivity index (χ1n) is 3.30.